The standard InChI is InChI=1S/C24H27N5O4S/c1-33-20-8-6-18(7-9-20)22-13-23(28-16-27-22)29-12-2-3-19(15-29)24(30)26-14-17-4-10-21(11-5-17)34(25,31)32/h4-11,13,16,19H,2-3,12,14-15H2,1H3,(H,26,30)(H2,25,31,32). The number of primary sulfonamides is 1. The van der Waals surface area contributed by atoms with Crippen molar-refractivity contribution in [1.29, 1.82) is 0 Å². The molecule has 0 saturated carbocycles. The van der Waals surface area contributed by atoms with Gasteiger partial charge in [-0.05, 0) is 54.8 Å². The van der Waals surface area contributed by atoms with Gasteiger partial charge < -0.3 is 15.0 Å². The Morgan fingerprint density at radius 1 is 1.15 bits per heavy atom. The van der Waals surface area contributed by atoms with Crippen molar-refractivity contribution >= 4 is 21.7 Å². The van der Waals surface area contributed by atoms with E-state index in [0.717, 1.165) is 47.8 Å². The van der Waals surface area contributed by atoms with E-state index in [-0.39, 0.29) is 16.7 Å². The van der Waals surface area contributed by atoms with E-state index in [1.807, 2.05) is 30.3 Å². The molecule has 4 rings (SSSR count). The SMILES string of the molecule is COc1ccc(-c2cc(N3CCCC(C(=O)NCc4ccc(S(N)(=O)=O)cc4)C3)ncn2)cc1. The van der Waals surface area contributed by atoms with Crippen LogP contribution in [-0.4, -0.2) is 44.5 Å². The number of piperidine rings is 1. The van der Waals surface area contributed by atoms with Gasteiger partial charge in [0.2, 0.25) is 15.9 Å². The zero-order valence-corrected chi connectivity index (χ0v) is 19.7. The zero-order valence-electron chi connectivity index (χ0n) is 18.8. The second-order valence-corrected chi connectivity index (χ2v) is 9.74. The number of hydrogen-bond acceptors (Lipinski definition) is 7. The second kappa shape index (κ2) is 10.2. The summed E-state index contributed by atoms with van der Waals surface area (Å²) in [4.78, 5) is 23.8. The van der Waals surface area contributed by atoms with Crippen LogP contribution in [0.25, 0.3) is 11.3 Å². The first kappa shape index (κ1) is 23.7. The molecule has 1 aromatic heterocycles. The van der Waals surface area contributed by atoms with Crippen LogP contribution >= 0.6 is 0 Å². The molecule has 0 radical (unpaired) electrons. The third-order valence-corrected chi connectivity index (χ3v) is 6.80. The number of benzene rings is 2. The van der Waals surface area contributed by atoms with Crippen molar-refractivity contribution in [2.45, 2.75) is 24.3 Å². The average molecular weight is 482 g/mol. The number of carbonyl (C=O) groups is 1. The highest BCUT2D eigenvalue weighted by Gasteiger charge is 2.26. The van der Waals surface area contributed by atoms with E-state index in [2.05, 4.69) is 20.2 Å². The first-order valence-corrected chi connectivity index (χ1v) is 12.5. The molecule has 10 heteroatoms. The first-order chi connectivity index (χ1) is 16.3. The van der Waals surface area contributed by atoms with E-state index < -0.39 is 10.0 Å². The molecule has 2 heterocycles. The Kier molecular flexibility index (Phi) is 7.09. The largest absolute Gasteiger partial charge is 0.497 e. The van der Waals surface area contributed by atoms with E-state index in [0.29, 0.717) is 13.1 Å². The van der Waals surface area contributed by atoms with Crippen molar-refractivity contribution < 1.29 is 17.9 Å². The third kappa shape index (κ3) is 5.70. The maximum atomic E-state index is 12.8. The average Bonchev–Trinajstić information content (AvgIpc) is 2.87. The van der Waals surface area contributed by atoms with Gasteiger partial charge in [0.1, 0.15) is 17.9 Å². The van der Waals surface area contributed by atoms with Gasteiger partial charge >= 0.3 is 0 Å². The Morgan fingerprint density at radius 2 is 1.88 bits per heavy atom. The van der Waals surface area contributed by atoms with Gasteiger partial charge in [-0.1, -0.05) is 12.1 Å². The van der Waals surface area contributed by atoms with Gasteiger partial charge in [-0.15, -0.1) is 0 Å². The Balaban J connectivity index is 1.38. The fraction of sp³-hybridized carbons (Fsp3) is 0.292. The normalized spacial score (nSPS) is 16.2. The molecule has 9 nitrogen and oxygen atoms in total. The van der Waals surface area contributed by atoms with Gasteiger partial charge in [-0.25, -0.2) is 23.5 Å². The van der Waals surface area contributed by atoms with Crippen LogP contribution in [0, 0.1) is 5.92 Å². The van der Waals surface area contributed by atoms with Gasteiger partial charge in [0, 0.05) is 31.3 Å². The minimum atomic E-state index is -3.73. The molecule has 3 N–H and O–H groups in total. The summed E-state index contributed by atoms with van der Waals surface area (Å²) in [6.07, 6.45) is 3.22. The molecule has 0 spiro atoms. The van der Waals surface area contributed by atoms with E-state index >= 15 is 0 Å². The molecule has 1 fully saturated rings. The first-order valence-electron chi connectivity index (χ1n) is 10.9. The fourth-order valence-electron chi connectivity index (χ4n) is 3.97. The number of anilines is 1. The van der Waals surface area contributed by atoms with Gasteiger partial charge in [0.05, 0.1) is 23.6 Å². The van der Waals surface area contributed by atoms with Crippen molar-refractivity contribution in [1.82, 2.24) is 15.3 Å². The van der Waals surface area contributed by atoms with Crippen molar-refractivity contribution in [3.8, 4) is 17.0 Å². The van der Waals surface area contributed by atoms with Crippen molar-refractivity contribution in [3.63, 3.8) is 0 Å². The van der Waals surface area contributed by atoms with Gasteiger partial charge in [0.15, 0.2) is 0 Å². The summed E-state index contributed by atoms with van der Waals surface area (Å²) >= 11 is 0. The smallest absolute Gasteiger partial charge is 0.238 e. The lowest BCUT2D eigenvalue weighted by Gasteiger charge is -2.33. The molecule has 178 valence electrons. The number of nitrogens with two attached hydrogens (primary N) is 1. The number of sulfonamides is 1. The molecule has 1 amide bonds. The highest BCUT2D eigenvalue weighted by molar-refractivity contribution is 7.89. The van der Waals surface area contributed by atoms with Crippen LogP contribution in [0.1, 0.15) is 18.4 Å². The zero-order chi connectivity index (χ0) is 24.1. The number of nitrogens with one attached hydrogen (secondary N) is 1. The number of nitrogens with zero attached hydrogens (tertiary/aromatic N) is 3. The fourth-order valence-corrected chi connectivity index (χ4v) is 4.48. The van der Waals surface area contributed by atoms with Crippen molar-refractivity contribution in [2.24, 2.45) is 11.1 Å². The Labute approximate surface area is 199 Å². The lowest BCUT2D eigenvalue weighted by atomic mass is 9.97. The maximum Gasteiger partial charge on any atom is 0.238 e. The third-order valence-electron chi connectivity index (χ3n) is 5.87. The van der Waals surface area contributed by atoms with E-state index in [9.17, 15) is 13.2 Å². The molecule has 0 bridgehead atoms. The number of carbonyl (C=O) groups excluding carboxylic acids is 1. The van der Waals surface area contributed by atoms with E-state index in [4.69, 9.17) is 9.88 Å². The van der Waals surface area contributed by atoms with Crippen LogP contribution in [0.3, 0.4) is 0 Å². The van der Waals surface area contributed by atoms with Crippen molar-refractivity contribution in [3.05, 3.63) is 66.5 Å². The molecule has 1 unspecified atom stereocenters. The van der Waals surface area contributed by atoms with E-state index in [1.54, 1.807) is 25.6 Å². The molecule has 1 aliphatic heterocycles. The number of amides is 1. The molecular formula is C24H27N5O4S. The van der Waals surface area contributed by atoms with Crippen LogP contribution in [0.2, 0.25) is 0 Å². The number of rotatable bonds is 7. The molecule has 0 aliphatic carbocycles. The summed E-state index contributed by atoms with van der Waals surface area (Å²) in [5.41, 5.74) is 2.57. The quantitative estimate of drug-likeness (QED) is 0.530. The topological polar surface area (TPSA) is 128 Å². The maximum absolute atomic E-state index is 12.8. The Morgan fingerprint density at radius 3 is 2.56 bits per heavy atom. The molecular weight excluding hydrogens is 454 g/mol. The summed E-state index contributed by atoms with van der Waals surface area (Å²) < 4.78 is 28.0. The van der Waals surface area contributed by atoms with Gasteiger partial charge in [0.25, 0.3) is 0 Å². The van der Waals surface area contributed by atoms with Crippen molar-refractivity contribution in [2.75, 3.05) is 25.1 Å². The van der Waals surface area contributed by atoms with Crippen LogP contribution in [-0.2, 0) is 21.4 Å². The lowest BCUT2D eigenvalue weighted by molar-refractivity contribution is -0.125. The van der Waals surface area contributed by atoms with E-state index in [1.165, 1.54) is 12.1 Å². The lowest BCUT2D eigenvalue weighted by Crippen LogP contribution is -2.43. The Bertz CT molecular complexity index is 1250. The monoisotopic (exact) mass is 481 g/mol. The molecule has 2 aromatic carbocycles. The highest BCUT2D eigenvalue weighted by atomic mass is 32.2. The summed E-state index contributed by atoms with van der Waals surface area (Å²) in [6.45, 7) is 1.70. The predicted octanol–water partition coefficient (Wildman–Crippen LogP) is 2.33. The van der Waals surface area contributed by atoms with Gasteiger partial charge in [-0.2, -0.15) is 0 Å². The number of ether oxygens (including phenoxy) is 1. The molecule has 1 aliphatic rings. The molecule has 1 saturated heterocycles. The number of hydrogen-bond donors (Lipinski definition) is 2. The Hall–Kier alpha value is -3.50. The minimum absolute atomic E-state index is 0.0374. The second-order valence-electron chi connectivity index (χ2n) is 8.18. The highest BCUT2D eigenvalue weighted by Crippen LogP contribution is 2.26. The predicted molar refractivity (Wildman–Crippen MR) is 129 cm³/mol. The van der Waals surface area contributed by atoms with Crippen LogP contribution < -0.4 is 20.1 Å². The van der Waals surface area contributed by atoms with Crippen LogP contribution in [0.5, 0.6) is 5.75 Å². The van der Waals surface area contributed by atoms with Crippen LogP contribution in [0.4, 0.5) is 5.82 Å². The van der Waals surface area contributed by atoms with Crippen LogP contribution in [0.15, 0.2) is 65.8 Å². The van der Waals surface area contributed by atoms with Gasteiger partial charge in [-0.3, -0.25) is 4.79 Å². The number of aromatic nitrogens is 2. The molecule has 34 heavy (non-hydrogen) atoms. The summed E-state index contributed by atoms with van der Waals surface area (Å²) in [7, 11) is -2.10. The molecule has 3 aromatic rings. The number of methoxy groups -OCH3 is 1. The summed E-state index contributed by atoms with van der Waals surface area (Å²) in [5, 5.41) is 8.08. The summed E-state index contributed by atoms with van der Waals surface area (Å²) in [6, 6.07) is 15.8. The minimum Gasteiger partial charge on any atom is -0.497 e. The summed E-state index contributed by atoms with van der Waals surface area (Å²) in [5.74, 6) is 1.36. The molecule has 1 atom stereocenters.